The number of hydrogen-bond acceptors (Lipinski definition) is 2. The summed E-state index contributed by atoms with van der Waals surface area (Å²) in [5.74, 6) is 0. The summed E-state index contributed by atoms with van der Waals surface area (Å²) in [7, 11) is -1.80. The molecule has 1 aliphatic carbocycles. The fraction of sp³-hybridized carbons (Fsp3) is 1.00. The van der Waals surface area contributed by atoms with Gasteiger partial charge >= 0.3 is 0 Å². The minimum Gasteiger partial charge on any atom is -0.198 e. The van der Waals surface area contributed by atoms with Crippen molar-refractivity contribution in [3.63, 3.8) is 0 Å². The molecule has 0 heterocycles. The summed E-state index contributed by atoms with van der Waals surface area (Å²) in [6, 6.07) is -0.157. The molecule has 15 heavy (non-hydrogen) atoms. The van der Waals surface area contributed by atoms with Crippen molar-refractivity contribution in [2.24, 2.45) is 0 Å². The van der Waals surface area contributed by atoms with Crippen molar-refractivity contribution in [1.29, 1.82) is 0 Å². The normalized spacial score (nSPS) is 27.9. The topological polar surface area (TPSA) is 49.4 Å². The Morgan fingerprint density at radius 3 is 2.40 bits per heavy atom. The molecule has 2 atom stereocenters. The highest BCUT2D eigenvalue weighted by molar-refractivity contribution is 7.87. The number of rotatable bonds is 4. The SMILES string of the molecule is CC(C)N(C)S(=O)(=O)NC1CCCC1Cl. The minimum atomic E-state index is -3.38. The fourth-order valence-corrected chi connectivity index (χ4v) is 3.40. The summed E-state index contributed by atoms with van der Waals surface area (Å²) in [6.07, 6.45) is 2.71. The molecule has 0 aliphatic heterocycles. The van der Waals surface area contributed by atoms with Crippen LogP contribution in [-0.4, -0.2) is 37.2 Å². The zero-order chi connectivity index (χ0) is 11.6. The molecule has 6 heteroatoms. The smallest absolute Gasteiger partial charge is 0.198 e. The molecule has 1 fully saturated rings. The number of halogens is 1. The molecule has 0 aromatic rings. The second kappa shape index (κ2) is 4.99. The van der Waals surface area contributed by atoms with Gasteiger partial charge in [0.25, 0.3) is 10.2 Å². The highest BCUT2D eigenvalue weighted by Crippen LogP contribution is 2.24. The summed E-state index contributed by atoms with van der Waals surface area (Å²) in [5, 5.41) is -0.0691. The monoisotopic (exact) mass is 254 g/mol. The molecule has 0 aromatic heterocycles. The van der Waals surface area contributed by atoms with E-state index in [1.54, 1.807) is 7.05 Å². The Labute approximate surface area is 97.2 Å². The summed E-state index contributed by atoms with van der Waals surface area (Å²) in [5.41, 5.74) is 0. The first-order chi connectivity index (χ1) is 6.84. The lowest BCUT2D eigenvalue weighted by molar-refractivity contribution is 0.396. The van der Waals surface area contributed by atoms with Gasteiger partial charge in [-0.3, -0.25) is 0 Å². The molecule has 0 radical (unpaired) electrons. The fourth-order valence-electron chi connectivity index (χ4n) is 1.60. The molecule has 0 saturated heterocycles. The molecular formula is C9H19ClN2O2S. The second-order valence-electron chi connectivity index (χ2n) is 4.29. The van der Waals surface area contributed by atoms with Gasteiger partial charge in [-0.1, -0.05) is 6.42 Å². The third kappa shape index (κ3) is 3.31. The summed E-state index contributed by atoms with van der Waals surface area (Å²) in [6.45, 7) is 3.68. The average Bonchev–Trinajstić information content (AvgIpc) is 2.50. The standard InChI is InChI=1S/C9H19ClN2O2S/c1-7(2)12(3)15(13,14)11-9-6-4-5-8(9)10/h7-9,11H,4-6H2,1-3H3. The van der Waals surface area contributed by atoms with Crippen LogP contribution in [0.2, 0.25) is 0 Å². The molecule has 1 rings (SSSR count). The van der Waals surface area contributed by atoms with Crippen molar-refractivity contribution < 1.29 is 8.42 Å². The van der Waals surface area contributed by atoms with Crippen molar-refractivity contribution in [1.82, 2.24) is 9.03 Å². The van der Waals surface area contributed by atoms with E-state index in [2.05, 4.69) is 4.72 Å². The first-order valence-corrected chi connectivity index (χ1v) is 7.11. The van der Waals surface area contributed by atoms with Gasteiger partial charge in [0.2, 0.25) is 0 Å². The van der Waals surface area contributed by atoms with Crippen molar-refractivity contribution in [3.05, 3.63) is 0 Å². The largest absolute Gasteiger partial charge is 0.279 e. The van der Waals surface area contributed by atoms with E-state index in [-0.39, 0.29) is 17.5 Å². The van der Waals surface area contributed by atoms with E-state index in [9.17, 15) is 8.42 Å². The van der Waals surface area contributed by atoms with E-state index in [0.29, 0.717) is 0 Å². The molecule has 1 saturated carbocycles. The second-order valence-corrected chi connectivity index (χ2v) is 6.61. The Morgan fingerprint density at radius 2 is 2.00 bits per heavy atom. The Bertz CT molecular complexity index is 305. The molecule has 1 aliphatic rings. The van der Waals surface area contributed by atoms with Gasteiger partial charge in [0, 0.05) is 24.5 Å². The van der Waals surface area contributed by atoms with E-state index in [1.165, 1.54) is 4.31 Å². The number of hydrogen-bond donors (Lipinski definition) is 1. The van der Waals surface area contributed by atoms with E-state index in [4.69, 9.17) is 11.6 Å². The highest BCUT2D eigenvalue weighted by atomic mass is 35.5. The Hall–Kier alpha value is 0.160. The Kier molecular flexibility index (Phi) is 4.40. The van der Waals surface area contributed by atoms with Gasteiger partial charge in [0.1, 0.15) is 0 Å². The van der Waals surface area contributed by atoms with Crippen LogP contribution in [0.1, 0.15) is 33.1 Å². The van der Waals surface area contributed by atoms with Crippen LogP contribution in [-0.2, 0) is 10.2 Å². The van der Waals surface area contributed by atoms with E-state index in [0.717, 1.165) is 19.3 Å². The quantitative estimate of drug-likeness (QED) is 0.770. The van der Waals surface area contributed by atoms with Crippen LogP contribution >= 0.6 is 11.6 Å². The molecule has 0 spiro atoms. The van der Waals surface area contributed by atoms with Crippen LogP contribution in [0.3, 0.4) is 0 Å². The zero-order valence-electron chi connectivity index (χ0n) is 9.40. The van der Waals surface area contributed by atoms with Gasteiger partial charge in [-0.2, -0.15) is 17.4 Å². The van der Waals surface area contributed by atoms with Crippen LogP contribution in [0.25, 0.3) is 0 Å². The Balaban J connectivity index is 2.64. The van der Waals surface area contributed by atoms with Crippen molar-refractivity contribution in [2.75, 3.05) is 7.05 Å². The number of alkyl halides is 1. The molecule has 0 amide bonds. The number of nitrogens with zero attached hydrogens (tertiary/aromatic N) is 1. The predicted octanol–water partition coefficient (Wildman–Crippen LogP) is 1.32. The lowest BCUT2D eigenvalue weighted by Gasteiger charge is -2.24. The van der Waals surface area contributed by atoms with Gasteiger partial charge in [0.05, 0.1) is 0 Å². The average molecular weight is 255 g/mol. The van der Waals surface area contributed by atoms with Crippen LogP contribution in [0.5, 0.6) is 0 Å². The first-order valence-electron chi connectivity index (χ1n) is 5.24. The minimum absolute atomic E-state index is 0.0438. The zero-order valence-corrected chi connectivity index (χ0v) is 11.0. The van der Waals surface area contributed by atoms with Gasteiger partial charge in [-0.25, -0.2) is 0 Å². The van der Waals surface area contributed by atoms with Gasteiger partial charge in [-0.05, 0) is 26.7 Å². The molecule has 4 nitrogen and oxygen atoms in total. The molecule has 1 N–H and O–H groups in total. The van der Waals surface area contributed by atoms with Gasteiger partial charge < -0.3 is 0 Å². The maximum atomic E-state index is 11.8. The first kappa shape index (κ1) is 13.2. The van der Waals surface area contributed by atoms with E-state index in [1.807, 2.05) is 13.8 Å². The third-order valence-corrected chi connectivity index (χ3v) is 5.14. The molecule has 90 valence electrons. The predicted molar refractivity (Wildman–Crippen MR) is 62.2 cm³/mol. The van der Waals surface area contributed by atoms with Crippen LogP contribution in [0.4, 0.5) is 0 Å². The highest BCUT2D eigenvalue weighted by Gasteiger charge is 2.31. The summed E-state index contributed by atoms with van der Waals surface area (Å²) < 4.78 is 27.6. The third-order valence-electron chi connectivity index (χ3n) is 2.84. The molecule has 0 aromatic carbocycles. The summed E-state index contributed by atoms with van der Waals surface area (Å²) in [4.78, 5) is 0. The van der Waals surface area contributed by atoms with Gasteiger partial charge in [-0.15, -0.1) is 11.6 Å². The van der Waals surface area contributed by atoms with E-state index < -0.39 is 10.2 Å². The Morgan fingerprint density at radius 1 is 1.40 bits per heavy atom. The molecular weight excluding hydrogens is 236 g/mol. The van der Waals surface area contributed by atoms with Crippen molar-refractivity contribution in [3.8, 4) is 0 Å². The number of nitrogens with one attached hydrogen (secondary N) is 1. The lowest BCUT2D eigenvalue weighted by atomic mass is 10.3. The van der Waals surface area contributed by atoms with Gasteiger partial charge in [0.15, 0.2) is 0 Å². The maximum absolute atomic E-state index is 11.8. The summed E-state index contributed by atoms with van der Waals surface area (Å²) >= 11 is 6.02. The van der Waals surface area contributed by atoms with Crippen LogP contribution in [0.15, 0.2) is 0 Å². The van der Waals surface area contributed by atoms with Crippen molar-refractivity contribution >= 4 is 21.8 Å². The van der Waals surface area contributed by atoms with Crippen molar-refractivity contribution in [2.45, 2.75) is 50.6 Å². The molecule has 0 bridgehead atoms. The lowest BCUT2D eigenvalue weighted by Crippen LogP contribution is -2.47. The molecule has 2 unspecified atom stereocenters. The maximum Gasteiger partial charge on any atom is 0.279 e. The van der Waals surface area contributed by atoms with Crippen LogP contribution in [0, 0.1) is 0 Å². The van der Waals surface area contributed by atoms with E-state index >= 15 is 0 Å². The van der Waals surface area contributed by atoms with Crippen LogP contribution < -0.4 is 4.72 Å².